The molecular formula is C22H38Cl2N5O2+. The number of hydrogen-bond donors (Lipinski definition) is 1. The highest BCUT2D eigenvalue weighted by atomic mass is 35.5. The highest BCUT2D eigenvalue weighted by Gasteiger charge is 2.36. The molecule has 1 amide bonds. The lowest BCUT2D eigenvalue weighted by atomic mass is 10.1. The minimum atomic E-state index is 0.105. The van der Waals surface area contributed by atoms with Crippen molar-refractivity contribution in [3.63, 3.8) is 0 Å². The van der Waals surface area contributed by atoms with Gasteiger partial charge in [0.05, 0.1) is 19.8 Å². The fourth-order valence-electron chi connectivity index (χ4n) is 4.04. The highest BCUT2D eigenvalue weighted by molar-refractivity contribution is 6.31. The van der Waals surface area contributed by atoms with E-state index in [9.17, 15) is 4.79 Å². The number of amides is 1. The van der Waals surface area contributed by atoms with Crippen molar-refractivity contribution in [3.8, 4) is 0 Å². The van der Waals surface area contributed by atoms with E-state index >= 15 is 0 Å². The Morgan fingerprint density at radius 3 is 2.10 bits per heavy atom. The van der Waals surface area contributed by atoms with Crippen LogP contribution in [0.3, 0.4) is 0 Å². The molecule has 0 radical (unpaired) electrons. The van der Waals surface area contributed by atoms with Crippen molar-refractivity contribution < 1.29 is 9.53 Å². The van der Waals surface area contributed by atoms with Crippen LogP contribution in [-0.4, -0.2) is 60.3 Å². The van der Waals surface area contributed by atoms with Gasteiger partial charge in [0, 0.05) is 19.4 Å². The second-order valence-corrected chi connectivity index (χ2v) is 9.06. The van der Waals surface area contributed by atoms with Crippen molar-refractivity contribution in [3.05, 3.63) is 10.6 Å². The molecule has 2 rings (SSSR count). The fourth-order valence-corrected chi connectivity index (χ4v) is 4.39. The van der Waals surface area contributed by atoms with E-state index in [1.165, 1.54) is 44.9 Å². The molecule has 0 spiro atoms. The van der Waals surface area contributed by atoms with Crippen molar-refractivity contribution in [2.45, 2.75) is 77.6 Å². The summed E-state index contributed by atoms with van der Waals surface area (Å²) >= 11 is 12.0. The molecule has 1 N–H and O–H groups in total. The Bertz CT molecular complexity index is 637. The first-order chi connectivity index (χ1) is 15.1. The van der Waals surface area contributed by atoms with Gasteiger partial charge in [-0.2, -0.15) is 4.98 Å². The van der Waals surface area contributed by atoms with Crippen molar-refractivity contribution in [2.24, 2.45) is 0 Å². The third-order valence-corrected chi connectivity index (χ3v) is 6.25. The zero-order chi connectivity index (χ0) is 22.4. The molecular weight excluding hydrogens is 437 g/mol. The van der Waals surface area contributed by atoms with Crippen molar-refractivity contribution >= 4 is 35.1 Å². The third-order valence-electron chi connectivity index (χ3n) is 5.91. The summed E-state index contributed by atoms with van der Waals surface area (Å²) in [5.74, 6) is 0.719. The van der Waals surface area contributed by atoms with E-state index in [1.54, 1.807) is 0 Å². The van der Waals surface area contributed by atoms with Crippen LogP contribution < -0.4 is 9.80 Å². The number of carbonyl (C=O) groups excluding carboxylic acids is 1. The maximum Gasteiger partial charge on any atom is 0.334 e. The van der Waals surface area contributed by atoms with Crippen molar-refractivity contribution in [1.29, 1.82) is 0 Å². The number of nitrogens with one attached hydrogen (secondary N) is 1. The molecule has 31 heavy (non-hydrogen) atoms. The van der Waals surface area contributed by atoms with Gasteiger partial charge in [-0.15, -0.1) is 9.97 Å². The molecule has 0 bridgehead atoms. The quantitative estimate of drug-likeness (QED) is 0.287. The summed E-state index contributed by atoms with van der Waals surface area (Å²) in [6.45, 7) is 6.44. The van der Waals surface area contributed by atoms with E-state index in [0.29, 0.717) is 36.6 Å². The van der Waals surface area contributed by atoms with Gasteiger partial charge in [-0.05, 0) is 29.6 Å². The number of carbonyl (C=O) groups is 1. The molecule has 176 valence electrons. The zero-order valence-electron chi connectivity index (χ0n) is 18.9. The van der Waals surface area contributed by atoms with Crippen LogP contribution in [0.25, 0.3) is 0 Å². The summed E-state index contributed by atoms with van der Waals surface area (Å²) in [4.78, 5) is 24.6. The predicted octanol–water partition coefficient (Wildman–Crippen LogP) is 4.94. The van der Waals surface area contributed by atoms with Gasteiger partial charge < -0.3 is 10.1 Å². The lowest BCUT2D eigenvalue weighted by Crippen LogP contribution is -2.58. The van der Waals surface area contributed by atoms with Crippen LogP contribution in [0.15, 0.2) is 0 Å². The second-order valence-electron chi connectivity index (χ2n) is 8.38. The Morgan fingerprint density at radius 2 is 1.48 bits per heavy atom. The van der Waals surface area contributed by atoms with Gasteiger partial charge in [-0.3, -0.25) is 9.28 Å². The molecule has 0 aromatic carbocycles. The number of hydrogen-bond acceptors (Lipinski definition) is 5. The molecule has 1 aliphatic rings. The minimum absolute atomic E-state index is 0.105. The number of rotatable bonds is 15. The van der Waals surface area contributed by atoms with E-state index in [2.05, 4.69) is 27.2 Å². The topological polar surface area (TPSA) is 77.0 Å². The smallest absolute Gasteiger partial charge is 0.334 e. The Labute approximate surface area is 196 Å². The van der Waals surface area contributed by atoms with Crippen molar-refractivity contribution in [1.82, 2.24) is 24.8 Å². The summed E-state index contributed by atoms with van der Waals surface area (Å²) in [6.07, 6.45) is 12.8. The van der Waals surface area contributed by atoms with Crippen LogP contribution in [0.5, 0.6) is 0 Å². The molecule has 9 heteroatoms. The molecule has 1 aromatic heterocycles. The number of unbranched alkanes of at least 4 members (excludes halogenated alkanes) is 8. The molecule has 0 atom stereocenters. The largest absolute Gasteiger partial charge is 0.370 e. The molecule has 0 saturated carbocycles. The molecule has 7 nitrogen and oxygen atoms in total. The predicted molar refractivity (Wildman–Crippen MR) is 127 cm³/mol. The van der Waals surface area contributed by atoms with E-state index < -0.39 is 0 Å². The monoisotopic (exact) mass is 474 g/mol. The van der Waals surface area contributed by atoms with Crippen LogP contribution in [-0.2, 0) is 9.53 Å². The Hall–Kier alpha value is -1.02. The number of aromatic nitrogens is 3. The van der Waals surface area contributed by atoms with Crippen LogP contribution in [0, 0.1) is 0 Å². The van der Waals surface area contributed by atoms with Gasteiger partial charge >= 0.3 is 5.95 Å². The summed E-state index contributed by atoms with van der Waals surface area (Å²) < 4.78 is 6.08. The van der Waals surface area contributed by atoms with Crippen LogP contribution in [0.1, 0.15) is 77.6 Å². The first kappa shape index (κ1) is 26.2. The number of morpholine rings is 1. The molecule has 1 aliphatic heterocycles. The van der Waals surface area contributed by atoms with Gasteiger partial charge in [0.25, 0.3) is 0 Å². The SMILES string of the molecule is CCCCCCCCCCCC(=O)NCCC[N+]1(c2nc(Cl)nc(Cl)n2)CCOCC1. The first-order valence-corrected chi connectivity index (χ1v) is 12.6. The number of quaternary nitrogens is 1. The Morgan fingerprint density at radius 1 is 0.903 bits per heavy atom. The number of halogens is 2. The highest BCUT2D eigenvalue weighted by Crippen LogP contribution is 2.23. The third kappa shape index (κ3) is 9.98. The van der Waals surface area contributed by atoms with Crippen LogP contribution in [0.2, 0.25) is 10.6 Å². The van der Waals surface area contributed by atoms with Gasteiger partial charge in [0.15, 0.2) is 0 Å². The van der Waals surface area contributed by atoms with E-state index in [0.717, 1.165) is 38.9 Å². The molecule has 0 aliphatic carbocycles. The van der Waals surface area contributed by atoms with Gasteiger partial charge in [0.1, 0.15) is 13.1 Å². The normalized spacial score (nSPS) is 15.7. The van der Waals surface area contributed by atoms with Crippen LogP contribution >= 0.6 is 23.2 Å². The fraction of sp³-hybridized carbons (Fsp3) is 0.818. The zero-order valence-corrected chi connectivity index (χ0v) is 20.4. The van der Waals surface area contributed by atoms with Gasteiger partial charge in [0.2, 0.25) is 16.5 Å². The summed E-state index contributed by atoms with van der Waals surface area (Å²) in [5.41, 5.74) is 0. The standard InChI is InChI=1S/C22H37Cl2N5O2/c1-2-3-4-5-6-7-8-9-10-12-19(30)25-13-11-14-29(15-17-31-18-16-29)22-27-20(23)26-21(24)28-22/h2-18H2,1H3/p+1. The molecule has 2 heterocycles. The second kappa shape index (κ2) is 14.9. The Kier molecular flexibility index (Phi) is 12.6. The Balaban J connectivity index is 1.63. The van der Waals surface area contributed by atoms with Gasteiger partial charge in [-0.1, -0.05) is 58.3 Å². The molecule has 1 fully saturated rings. The first-order valence-electron chi connectivity index (χ1n) is 11.8. The average Bonchev–Trinajstić information content (AvgIpc) is 2.75. The average molecular weight is 475 g/mol. The maximum absolute atomic E-state index is 12.1. The van der Waals surface area contributed by atoms with E-state index in [-0.39, 0.29) is 16.5 Å². The summed E-state index contributed by atoms with van der Waals surface area (Å²) in [5, 5.41) is 3.26. The lowest BCUT2D eigenvalue weighted by Gasteiger charge is -2.38. The minimum Gasteiger partial charge on any atom is -0.370 e. The van der Waals surface area contributed by atoms with E-state index in [4.69, 9.17) is 27.9 Å². The van der Waals surface area contributed by atoms with Gasteiger partial charge in [-0.25, -0.2) is 0 Å². The number of ether oxygens (including phenoxy) is 1. The van der Waals surface area contributed by atoms with Crippen LogP contribution in [0.4, 0.5) is 5.95 Å². The molecule has 1 aromatic rings. The number of nitrogens with zero attached hydrogens (tertiary/aromatic N) is 4. The maximum atomic E-state index is 12.1. The lowest BCUT2D eigenvalue weighted by molar-refractivity contribution is -0.121. The summed E-state index contributed by atoms with van der Waals surface area (Å²) in [6, 6.07) is 0. The van der Waals surface area contributed by atoms with E-state index in [1.807, 2.05) is 0 Å². The summed E-state index contributed by atoms with van der Waals surface area (Å²) in [7, 11) is 0. The van der Waals surface area contributed by atoms with Crippen molar-refractivity contribution in [2.75, 3.05) is 39.4 Å². The molecule has 0 unspecified atom stereocenters. The molecule has 1 saturated heterocycles.